The molecule has 5 heteroatoms. The topological polar surface area (TPSA) is 46.3 Å². The molecule has 0 spiro atoms. The van der Waals surface area contributed by atoms with Crippen molar-refractivity contribution in [1.82, 2.24) is 5.16 Å². The Morgan fingerprint density at radius 3 is 3.00 bits per heavy atom. The highest BCUT2D eigenvalue weighted by molar-refractivity contribution is 9.10. The largest absolute Gasteiger partial charge is 0.396 e. The molecule has 0 aliphatic rings. The molecule has 0 fully saturated rings. The summed E-state index contributed by atoms with van der Waals surface area (Å²) >= 11 is 9.22. The minimum atomic E-state index is 0.0474. The lowest BCUT2D eigenvalue weighted by atomic mass is 10.2. The molecule has 1 N–H and O–H groups in total. The van der Waals surface area contributed by atoms with Gasteiger partial charge >= 0.3 is 0 Å². The Bertz CT molecular complexity index is 469. The average Bonchev–Trinajstić information content (AvgIpc) is 2.49. The van der Waals surface area contributed by atoms with Gasteiger partial charge in [-0.05, 0) is 28.1 Å². The maximum atomic E-state index is 8.81. The van der Waals surface area contributed by atoms with Crippen molar-refractivity contribution in [3.8, 4) is 0 Å². The zero-order valence-electron chi connectivity index (χ0n) is 7.13. The molecule has 14 heavy (non-hydrogen) atoms. The predicted molar refractivity (Wildman–Crippen MR) is 57.5 cm³/mol. The summed E-state index contributed by atoms with van der Waals surface area (Å²) in [5.74, 6) is 0. The van der Waals surface area contributed by atoms with Gasteiger partial charge in [0.15, 0.2) is 5.58 Å². The summed E-state index contributed by atoms with van der Waals surface area (Å²) in [5, 5.41) is 14.1. The Hall–Kier alpha value is -0.580. The normalized spacial score (nSPS) is 11.1. The van der Waals surface area contributed by atoms with Gasteiger partial charge in [0.1, 0.15) is 0 Å². The van der Waals surface area contributed by atoms with Crippen molar-refractivity contribution in [2.75, 3.05) is 6.61 Å². The van der Waals surface area contributed by atoms with Crippen molar-refractivity contribution in [2.24, 2.45) is 0 Å². The number of hydrogen-bond acceptors (Lipinski definition) is 3. The van der Waals surface area contributed by atoms with Crippen LogP contribution in [0.1, 0.15) is 5.69 Å². The van der Waals surface area contributed by atoms with E-state index in [1.54, 1.807) is 12.1 Å². The van der Waals surface area contributed by atoms with E-state index in [0.717, 1.165) is 15.6 Å². The van der Waals surface area contributed by atoms with Crippen LogP contribution >= 0.6 is 27.5 Å². The molecule has 0 aliphatic carbocycles. The summed E-state index contributed by atoms with van der Waals surface area (Å²) in [4.78, 5) is 0. The first-order valence-electron chi connectivity index (χ1n) is 4.06. The van der Waals surface area contributed by atoms with Gasteiger partial charge in [0, 0.05) is 23.4 Å². The van der Waals surface area contributed by atoms with Crippen LogP contribution in [0.25, 0.3) is 11.0 Å². The van der Waals surface area contributed by atoms with Crippen molar-refractivity contribution < 1.29 is 9.63 Å². The van der Waals surface area contributed by atoms with Crippen molar-refractivity contribution in [3.63, 3.8) is 0 Å². The number of fused-ring (bicyclic) bond motifs is 1. The number of aliphatic hydroxyl groups excluding tert-OH is 1. The van der Waals surface area contributed by atoms with Gasteiger partial charge in [-0.1, -0.05) is 16.8 Å². The minimum absolute atomic E-state index is 0.0474. The number of hydrogen-bond donors (Lipinski definition) is 1. The maximum absolute atomic E-state index is 8.81. The first-order chi connectivity index (χ1) is 6.72. The molecule has 0 radical (unpaired) electrons. The SMILES string of the molecule is OCCc1noc2c(Br)cc(Cl)cc12. The van der Waals surface area contributed by atoms with Gasteiger partial charge in [0.25, 0.3) is 0 Å². The molecule has 2 rings (SSSR count). The average molecular weight is 277 g/mol. The van der Waals surface area contributed by atoms with Crippen LogP contribution in [0.3, 0.4) is 0 Å². The summed E-state index contributed by atoms with van der Waals surface area (Å²) < 4.78 is 5.90. The summed E-state index contributed by atoms with van der Waals surface area (Å²) in [7, 11) is 0. The molecule has 0 unspecified atom stereocenters. The fourth-order valence-corrected chi connectivity index (χ4v) is 2.19. The lowest BCUT2D eigenvalue weighted by Gasteiger charge is -1.94. The number of benzene rings is 1. The van der Waals surface area contributed by atoms with Crippen molar-refractivity contribution in [1.29, 1.82) is 0 Å². The zero-order valence-corrected chi connectivity index (χ0v) is 9.47. The van der Waals surface area contributed by atoms with Gasteiger partial charge in [-0.2, -0.15) is 0 Å². The Morgan fingerprint density at radius 1 is 1.50 bits per heavy atom. The van der Waals surface area contributed by atoms with E-state index in [-0.39, 0.29) is 6.61 Å². The van der Waals surface area contributed by atoms with E-state index in [1.165, 1.54) is 0 Å². The lowest BCUT2D eigenvalue weighted by molar-refractivity contribution is 0.295. The molecule has 0 saturated heterocycles. The monoisotopic (exact) mass is 275 g/mol. The number of aliphatic hydroxyl groups is 1. The molecule has 0 bridgehead atoms. The molecule has 1 aromatic heterocycles. The van der Waals surface area contributed by atoms with Crippen LogP contribution in [0.15, 0.2) is 21.1 Å². The summed E-state index contributed by atoms with van der Waals surface area (Å²) in [6.45, 7) is 0.0474. The van der Waals surface area contributed by atoms with Crippen molar-refractivity contribution in [3.05, 3.63) is 27.3 Å². The minimum Gasteiger partial charge on any atom is -0.396 e. The molecular weight excluding hydrogens is 269 g/mol. The second-order valence-electron chi connectivity index (χ2n) is 2.87. The van der Waals surface area contributed by atoms with Gasteiger partial charge in [0.05, 0.1) is 10.2 Å². The van der Waals surface area contributed by atoms with Crippen LogP contribution in [0, 0.1) is 0 Å². The molecule has 0 saturated carbocycles. The van der Waals surface area contributed by atoms with E-state index < -0.39 is 0 Å². The second kappa shape index (κ2) is 3.88. The Balaban J connectivity index is 2.66. The summed E-state index contributed by atoms with van der Waals surface area (Å²) in [6, 6.07) is 3.53. The van der Waals surface area contributed by atoms with Gasteiger partial charge in [-0.25, -0.2) is 0 Å². The van der Waals surface area contributed by atoms with Crippen LogP contribution < -0.4 is 0 Å². The Labute approximate surface area is 93.8 Å². The van der Waals surface area contributed by atoms with Gasteiger partial charge < -0.3 is 9.63 Å². The lowest BCUT2D eigenvalue weighted by Crippen LogP contribution is -1.90. The molecule has 0 amide bonds. The van der Waals surface area contributed by atoms with Crippen molar-refractivity contribution >= 4 is 38.5 Å². The highest BCUT2D eigenvalue weighted by atomic mass is 79.9. The Kier molecular flexibility index (Phi) is 2.76. The quantitative estimate of drug-likeness (QED) is 0.917. The van der Waals surface area contributed by atoms with E-state index in [9.17, 15) is 0 Å². The van der Waals surface area contributed by atoms with Crippen LogP contribution in [0.4, 0.5) is 0 Å². The third-order valence-corrected chi connectivity index (χ3v) is 2.72. The fraction of sp³-hybridized carbons (Fsp3) is 0.222. The third kappa shape index (κ3) is 1.65. The van der Waals surface area contributed by atoms with E-state index >= 15 is 0 Å². The fourth-order valence-electron chi connectivity index (χ4n) is 1.30. The van der Waals surface area contributed by atoms with Crippen LogP contribution in [-0.4, -0.2) is 16.9 Å². The zero-order chi connectivity index (χ0) is 10.1. The standard InChI is InChI=1S/C9H7BrClNO2/c10-7-4-5(11)3-6-8(1-2-13)12-14-9(6)7/h3-4,13H,1-2H2. The van der Waals surface area contributed by atoms with E-state index in [2.05, 4.69) is 21.1 Å². The second-order valence-corrected chi connectivity index (χ2v) is 4.16. The molecule has 3 nitrogen and oxygen atoms in total. The van der Waals surface area contributed by atoms with Gasteiger partial charge in [-0.3, -0.25) is 0 Å². The predicted octanol–water partition coefficient (Wildman–Crippen LogP) is 2.78. The van der Waals surface area contributed by atoms with E-state index in [4.69, 9.17) is 21.2 Å². The highest BCUT2D eigenvalue weighted by Gasteiger charge is 2.11. The molecule has 1 aromatic carbocycles. The first kappa shape index (κ1) is 9.96. The van der Waals surface area contributed by atoms with Crippen molar-refractivity contribution in [2.45, 2.75) is 6.42 Å². The smallest absolute Gasteiger partial charge is 0.181 e. The molecule has 2 aromatic rings. The van der Waals surface area contributed by atoms with E-state index in [0.29, 0.717) is 17.0 Å². The Morgan fingerprint density at radius 2 is 2.29 bits per heavy atom. The molecule has 1 heterocycles. The molecule has 0 aliphatic heterocycles. The first-order valence-corrected chi connectivity index (χ1v) is 5.23. The summed E-state index contributed by atoms with van der Waals surface area (Å²) in [5.41, 5.74) is 1.39. The number of nitrogens with zero attached hydrogens (tertiary/aromatic N) is 1. The summed E-state index contributed by atoms with van der Waals surface area (Å²) in [6.07, 6.45) is 0.472. The van der Waals surface area contributed by atoms with Crippen LogP contribution in [0.2, 0.25) is 5.02 Å². The maximum Gasteiger partial charge on any atom is 0.181 e. The third-order valence-electron chi connectivity index (χ3n) is 1.92. The number of halogens is 2. The number of rotatable bonds is 2. The molecular formula is C9H7BrClNO2. The molecule has 0 atom stereocenters. The number of aromatic nitrogens is 1. The van der Waals surface area contributed by atoms with Crippen LogP contribution in [0.5, 0.6) is 0 Å². The van der Waals surface area contributed by atoms with Gasteiger partial charge in [-0.15, -0.1) is 0 Å². The highest BCUT2D eigenvalue weighted by Crippen LogP contribution is 2.30. The van der Waals surface area contributed by atoms with E-state index in [1.807, 2.05) is 0 Å². The van der Waals surface area contributed by atoms with Crippen LogP contribution in [-0.2, 0) is 6.42 Å². The molecule has 74 valence electrons. The van der Waals surface area contributed by atoms with Gasteiger partial charge in [0.2, 0.25) is 0 Å².